The second-order valence-corrected chi connectivity index (χ2v) is 5.02. The standard InChI is InChI=1S/C13H23N3/c1-4-14-12(10(2)11-5-6-11)9-13-15-7-8-16(13)3/h7-8,10-12,14H,4-6,9H2,1-3H3. The number of aromatic nitrogens is 2. The molecule has 16 heavy (non-hydrogen) atoms. The number of aryl methyl sites for hydroxylation is 1. The first-order valence-corrected chi connectivity index (χ1v) is 6.42. The van der Waals surface area contributed by atoms with Crippen molar-refractivity contribution in [2.45, 2.75) is 39.2 Å². The van der Waals surface area contributed by atoms with Gasteiger partial charge in [-0.3, -0.25) is 0 Å². The first kappa shape index (κ1) is 11.6. The Labute approximate surface area is 98.3 Å². The number of nitrogens with one attached hydrogen (secondary N) is 1. The van der Waals surface area contributed by atoms with Gasteiger partial charge in [0.25, 0.3) is 0 Å². The number of likely N-dealkylation sites (N-methyl/N-ethyl adjacent to an activating group) is 1. The Morgan fingerprint density at radius 3 is 2.81 bits per heavy atom. The molecular formula is C13H23N3. The normalized spacial score (nSPS) is 19.7. The lowest BCUT2D eigenvalue weighted by atomic mass is 9.93. The molecule has 1 aromatic rings. The van der Waals surface area contributed by atoms with E-state index in [2.05, 4.69) is 35.8 Å². The summed E-state index contributed by atoms with van der Waals surface area (Å²) in [5.74, 6) is 2.92. The molecule has 1 fully saturated rings. The van der Waals surface area contributed by atoms with E-state index in [1.807, 2.05) is 12.4 Å². The maximum Gasteiger partial charge on any atom is 0.109 e. The average Bonchev–Trinajstić information content (AvgIpc) is 3.03. The SMILES string of the molecule is CCNC(Cc1nccn1C)C(C)C1CC1. The largest absolute Gasteiger partial charge is 0.338 e. The smallest absolute Gasteiger partial charge is 0.109 e. The van der Waals surface area contributed by atoms with Crippen molar-refractivity contribution in [2.75, 3.05) is 6.54 Å². The van der Waals surface area contributed by atoms with Crippen LogP contribution in [0.1, 0.15) is 32.5 Å². The lowest BCUT2D eigenvalue weighted by Crippen LogP contribution is -2.38. The molecule has 3 nitrogen and oxygen atoms in total. The van der Waals surface area contributed by atoms with Crippen molar-refractivity contribution in [3.63, 3.8) is 0 Å². The number of imidazole rings is 1. The van der Waals surface area contributed by atoms with Gasteiger partial charge in [-0.2, -0.15) is 0 Å². The highest BCUT2D eigenvalue weighted by Gasteiger charge is 2.33. The zero-order valence-electron chi connectivity index (χ0n) is 10.6. The van der Waals surface area contributed by atoms with Crippen LogP contribution >= 0.6 is 0 Å². The molecule has 0 radical (unpaired) electrons. The predicted octanol–water partition coefficient (Wildman–Crippen LogP) is 1.99. The van der Waals surface area contributed by atoms with Gasteiger partial charge in [0.1, 0.15) is 5.82 Å². The number of hydrogen-bond donors (Lipinski definition) is 1. The minimum atomic E-state index is 0.582. The molecule has 1 aliphatic rings. The van der Waals surface area contributed by atoms with Gasteiger partial charge >= 0.3 is 0 Å². The number of nitrogens with zero attached hydrogens (tertiary/aromatic N) is 2. The van der Waals surface area contributed by atoms with Gasteiger partial charge in [0.15, 0.2) is 0 Å². The molecule has 0 aromatic carbocycles. The van der Waals surface area contributed by atoms with Crippen LogP contribution in [-0.2, 0) is 13.5 Å². The monoisotopic (exact) mass is 221 g/mol. The molecule has 0 amide bonds. The van der Waals surface area contributed by atoms with Crippen molar-refractivity contribution in [1.82, 2.24) is 14.9 Å². The van der Waals surface area contributed by atoms with Gasteiger partial charge in [0.2, 0.25) is 0 Å². The molecule has 1 aliphatic carbocycles. The summed E-state index contributed by atoms with van der Waals surface area (Å²) >= 11 is 0. The number of hydrogen-bond acceptors (Lipinski definition) is 2. The molecule has 0 bridgehead atoms. The first-order valence-electron chi connectivity index (χ1n) is 6.42. The molecule has 2 atom stereocenters. The van der Waals surface area contributed by atoms with Gasteiger partial charge in [-0.25, -0.2) is 4.98 Å². The quantitative estimate of drug-likeness (QED) is 0.796. The lowest BCUT2D eigenvalue weighted by molar-refractivity contribution is 0.338. The van der Waals surface area contributed by atoms with Crippen molar-refractivity contribution in [1.29, 1.82) is 0 Å². The van der Waals surface area contributed by atoms with Crippen LogP contribution in [0.4, 0.5) is 0 Å². The summed E-state index contributed by atoms with van der Waals surface area (Å²) in [6, 6.07) is 0.582. The van der Waals surface area contributed by atoms with Crippen molar-refractivity contribution < 1.29 is 0 Å². The van der Waals surface area contributed by atoms with E-state index in [0.29, 0.717) is 6.04 Å². The maximum absolute atomic E-state index is 4.42. The molecule has 0 spiro atoms. The van der Waals surface area contributed by atoms with Crippen LogP contribution in [0.15, 0.2) is 12.4 Å². The summed E-state index contributed by atoms with van der Waals surface area (Å²) in [6.45, 7) is 5.62. The molecule has 0 saturated heterocycles. The highest BCUT2D eigenvalue weighted by atomic mass is 15.0. The molecule has 1 heterocycles. The fourth-order valence-electron chi connectivity index (χ4n) is 2.45. The molecule has 2 rings (SSSR count). The highest BCUT2D eigenvalue weighted by Crippen LogP contribution is 2.38. The predicted molar refractivity (Wildman–Crippen MR) is 66.3 cm³/mol. The summed E-state index contributed by atoms with van der Waals surface area (Å²) in [5.41, 5.74) is 0. The molecule has 0 aliphatic heterocycles. The Kier molecular flexibility index (Phi) is 3.64. The maximum atomic E-state index is 4.42. The highest BCUT2D eigenvalue weighted by molar-refractivity contribution is 4.97. The van der Waals surface area contributed by atoms with E-state index >= 15 is 0 Å². The third kappa shape index (κ3) is 2.64. The molecule has 1 N–H and O–H groups in total. The molecule has 1 saturated carbocycles. The summed E-state index contributed by atoms with van der Waals surface area (Å²) in [6.07, 6.45) is 7.81. The van der Waals surface area contributed by atoms with Gasteiger partial charge < -0.3 is 9.88 Å². The van der Waals surface area contributed by atoms with Crippen LogP contribution < -0.4 is 5.32 Å². The van der Waals surface area contributed by atoms with Crippen molar-refractivity contribution >= 4 is 0 Å². The summed E-state index contributed by atoms with van der Waals surface area (Å²) in [4.78, 5) is 4.42. The molecule has 1 aromatic heterocycles. The zero-order chi connectivity index (χ0) is 11.5. The van der Waals surface area contributed by atoms with Crippen LogP contribution in [-0.4, -0.2) is 22.1 Å². The topological polar surface area (TPSA) is 29.9 Å². The van der Waals surface area contributed by atoms with Gasteiger partial charge in [-0.15, -0.1) is 0 Å². The minimum absolute atomic E-state index is 0.582. The van der Waals surface area contributed by atoms with Crippen molar-refractivity contribution in [3.05, 3.63) is 18.2 Å². The van der Waals surface area contributed by atoms with Crippen LogP contribution in [0, 0.1) is 11.8 Å². The zero-order valence-corrected chi connectivity index (χ0v) is 10.6. The van der Waals surface area contributed by atoms with Crippen molar-refractivity contribution in [3.8, 4) is 0 Å². The Balaban J connectivity index is 1.99. The Bertz CT molecular complexity index is 328. The molecule has 90 valence electrons. The summed E-state index contributed by atoms with van der Waals surface area (Å²) in [5, 5.41) is 3.62. The van der Waals surface area contributed by atoms with Gasteiger partial charge in [0.05, 0.1) is 0 Å². The van der Waals surface area contributed by atoms with Crippen LogP contribution in [0.5, 0.6) is 0 Å². The molecular weight excluding hydrogens is 198 g/mol. The van der Waals surface area contributed by atoms with E-state index in [-0.39, 0.29) is 0 Å². The minimum Gasteiger partial charge on any atom is -0.338 e. The summed E-state index contributed by atoms with van der Waals surface area (Å²) in [7, 11) is 2.08. The Hall–Kier alpha value is -0.830. The van der Waals surface area contributed by atoms with Crippen LogP contribution in [0.25, 0.3) is 0 Å². The average molecular weight is 221 g/mol. The first-order chi connectivity index (χ1) is 7.72. The second-order valence-electron chi connectivity index (χ2n) is 5.02. The van der Waals surface area contributed by atoms with E-state index in [1.165, 1.54) is 18.7 Å². The van der Waals surface area contributed by atoms with Gasteiger partial charge in [-0.1, -0.05) is 13.8 Å². The van der Waals surface area contributed by atoms with Gasteiger partial charge in [0, 0.05) is 31.9 Å². The van der Waals surface area contributed by atoms with E-state index in [1.54, 1.807) is 0 Å². The van der Waals surface area contributed by atoms with E-state index in [4.69, 9.17) is 0 Å². The van der Waals surface area contributed by atoms with Crippen LogP contribution in [0.2, 0.25) is 0 Å². The number of rotatable bonds is 6. The third-order valence-corrected chi connectivity index (χ3v) is 3.79. The Morgan fingerprint density at radius 2 is 2.31 bits per heavy atom. The van der Waals surface area contributed by atoms with E-state index < -0.39 is 0 Å². The Morgan fingerprint density at radius 1 is 1.56 bits per heavy atom. The van der Waals surface area contributed by atoms with Crippen molar-refractivity contribution in [2.24, 2.45) is 18.9 Å². The van der Waals surface area contributed by atoms with Crippen LogP contribution in [0.3, 0.4) is 0 Å². The second kappa shape index (κ2) is 5.00. The fraction of sp³-hybridized carbons (Fsp3) is 0.769. The van der Waals surface area contributed by atoms with E-state index in [0.717, 1.165) is 24.8 Å². The van der Waals surface area contributed by atoms with Gasteiger partial charge in [-0.05, 0) is 31.2 Å². The molecule has 2 unspecified atom stereocenters. The fourth-order valence-corrected chi connectivity index (χ4v) is 2.45. The molecule has 3 heteroatoms. The van der Waals surface area contributed by atoms with E-state index in [9.17, 15) is 0 Å². The lowest BCUT2D eigenvalue weighted by Gasteiger charge is -2.24. The summed E-state index contributed by atoms with van der Waals surface area (Å²) < 4.78 is 2.13. The third-order valence-electron chi connectivity index (χ3n) is 3.79.